The molecule has 1 aromatic heterocycles. The number of amides is 2. The standard InChI is InChI=1S/C29H38ClN5O5/c1-18-15-22(36)25-23(18)26(32-17-31-25)33-9-11-34(12-10-33)27(37)24(19-5-7-20(30)8-6-19)21-16-39-14-13-35(21)28(38)40-29(2,3)4/h5-8,17-18,21-22,24,36H,9-16H2,1-4H3/t18-,21+,22+,24+/m1/s1. The molecule has 0 unspecified atom stereocenters. The lowest BCUT2D eigenvalue weighted by Crippen LogP contribution is -2.57. The summed E-state index contributed by atoms with van der Waals surface area (Å²) in [5, 5.41) is 11.0. The van der Waals surface area contributed by atoms with E-state index in [-0.39, 0.29) is 18.4 Å². The Kier molecular flexibility index (Phi) is 8.22. The second-order valence-electron chi connectivity index (χ2n) is 11.8. The van der Waals surface area contributed by atoms with E-state index in [0.29, 0.717) is 56.5 Å². The highest BCUT2D eigenvalue weighted by atomic mass is 35.5. The number of nitrogens with zero attached hydrogens (tertiary/aromatic N) is 5. The van der Waals surface area contributed by atoms with Crippen molar-refractivity contribution in [3.8, 4) is 0 Å². The monoisotopic (exact) mass is 571 g/mol. The fraction of sp³-hybridized carbons (Fsp3) is 0.586. The molecule has 5 rings (SSSR count). The molecule has 1 aliphatic carbocycles. The van der Waals surface area contributed by atoms with Crippen LogP contribution in [0.25, 0.3) is 0 Å². The first-order valence-corrected chi connectivity index (χ1v) is 14.3. The molecule has 0 saturated carbocycles. The van der Waals surface area contributed by atoms with E-state index in [1.165, 1.54) is 6.33 Å². The number of carbonyl (C=O) groups excluding carboxylic acids is 2. The maximum Gasteiger partial charge on any atom is 0.410 e. The molecule has 10 nitrogen and oxygen atoms in total. The summed E-state index contributed by atoms with van der Waals surface area (Å²) in [6.07, 6.45) is 1.13. The SMILES string of the molecule is C[C@@H]1C[C@H](O)c2ncnc(N3CCN(C(=O)[C@@H](c4ccc(Cl)cc4)[C@@H]4COCCN4C(=O)OC(C)(C)C)CC3)c21. The number of fused-ring (bicyclic) bond motifs is 1. The Morgan fingerprint density at radius 2 is 1.80 bits per heavy atom. The molecule has 1 aromatic carbocycles. The summed E-state index contributed by atoms with van der Waals surface area (Å²) >= 11 is 6.18. The highest BCUT2D eigenvalue weighted by Gasteiger charge is 2.42. The molecule has 3 heterocycles. The maximum absolute atomic E-state index is 14.2. The van der Waals surface area contributed by atoms with Gasteiger partial charge in [-0.25, -0.2) is 14.8 Å². The number of piperazine rings is 1. The Balaban J connectivity index is 1.38. The molecular formula is C29H38ClN5O5. The second kappa shape index (κ2) is 11.5. The highest BCUT2D eigenvalue weighted by Crippen LogP contribution is 2.43. The van der Waals surface area contributed by atoms with Crippen LogP contribution in [0.1, 0.15) is 68.9 Å². The molecule has 11 heteroatoms. The van der Waals surface area contributed by atoms with Crippen LogP contribution in [0.5, 0.6) is 0 Å². The van der Waals surface area contributed by atoms with Crippen molar-refractivity contribution in [3.63, 3.8) is 0 Å². The summed E-state index contributed by atoms with van der Waals surface area (Å²) in [6, 6.07) is 6.70. The molecule has 0 radical (unpaired) electrons. The van der Waals surface area contributed by atoms with Crippen LogP contribution >= 0.6 is 11.6 Å². The molecule has 0 spiro atoms. The van der Waals surface area contributed by atoms with E-state index in [2.05, 4.69) is 21.8 Å². The first-order chi connectivity index (χ1) is 19.0. The molecule has 1 N–H and O–H groups in total. The van der Waals surface area contributed by atoms with Crippen LogP contribution in [0, 0.1) is 0 Å². The molecule has 2 aromatic rings. The van der Waals surface area contributed by atoms with Crippen LogP contribution in [-0.2, 0) is 14.3 Å². The Morgan fingerprint density at radius 1 is 1.10 bits per heavy atom. The van der Waals surface area contributed by atoms with Gasteiger partial charge >= 0.3 is 6.09 Å². The van der Waals surface area contributed by atoms with E-state index in [9.17, 15) is 14.7 Å². The number of aromatic nitrogens is 2. The van der Waals surface area contributed by atoms with E-state index in [1.54, 1.807) is 17.0 Å². The van der Waals surface area contributed by atoms with Gasteiger partial charge in [0.25, 0.3) is 0 Å². The molecule has 2 aliphatic heterocycles. The fourth-order valence-corrected chi connectivity index (χ4v) is 6.06. The van der Waals surface area contributed by atoms with Crippen LogP contribution in [0.2, 0.25) is 5.02 Å². The number of morpholine rings is 1. The quantitative estimate of drug-likeness (QED) is 0.591. The number of hydrogen-bond acceptors (Lipinski definition) is 8. The van der Waals surface area contributed by atoms with Gasteiger partial charge in [0.15, 0.2) is 0 Å². The Bertz CT molecular complexity index is 1230. The van der Waals surface area contributed by atoms with Crippen LogP contribution in [0.4, 0.5) is 10.6 Å². The first-order valence-electron chi connectivity index (χ1n) is 13.9. The van der Waals surface area contributed by atoms with Crippen molar-refractivity contribution in [2.45, 2.75) is 63.7 Å². The normalized spacial score (nSPS) is 24.1. The molecule has 40 heavy (non-hydrogen) atoms. The third kappa shape index (κ3) is 5.89. The van der Waals surface area contributed by atoms with Crippen molar-refractivity contribution >= 4 is 29.4 Å². The lowest BCUT2D eigenvalue weighted by molar-refractivity contribution is -0.136. The summed E-state index contributed by atoms with van der Waals surface area (Å²) < 4.78 is 11.5. The molecule has 216 valence electrons. The van der Waals surface area contributed by atoms with Crippen molar-refractivity contribution in [2.75, 3.05) is 50.8 Å². The van der Waals surface area contributed by atoms with Crippen molar-refractivity contribution in [1.29, 1.82) is 0 Å². The van der Waals surface area contributed by atoms with E-state index < -0.39 is 29.8 Å². The molecule has 3 aliphatic rings. The van der Waals surface area contributed by atoms with Gasteiger partial charge in [-0.2, -0.15) is 0 Å². The average molecular weight is 572 g/mol. The fourth-order valence-electron chi connectivity index (χ4n) is 5.94. The molecule has 0 bridgehead atoms. The molecule has 2 fully saturated rings. The lowest BCUT2D eigenvalue weighted by atomic mass is 9.88. The van der Waals surface area contributed by atoms with Crippen molar-refractivity contribution in [2.24, 2.45) is 0 Å². The van der Waals surface area contributed by atoms with Crippen molar-refractivity contribution in [3.05, 3.63) is 52.4 Å². The largest absolute Gasteiger partial charge is 0.444 e. The number of anilines is 1. The Hall–Kier alpha value is -2.95. The van der Waals surface area contributed by atoms with Gasteiger partial charge in [0.1, 0.15) is 17.7 Å². The summed E-state index contributed by atoms with van der Waals surface area (Å²) in [6.45, 7) is 10.7. The first kappa shape index (κ1) is 28.6. The van der Waals surface area contributed by atoms with Crippen LogP contribution in [0.15, 0.2) is 30.6 Å². The number of aliphatic hydroxyl groups excluding tert-OH is 1. The third-order valence-electron chi connectivity index (χ3n) is 7.84. The zero-order valence-electron chi connectivity index (χ0n) is 23.5. The van der Waals surface area contributed by atoms with Crippen molar-refractivity contribution in [1.82, 2.24) is 19.8 Å². The number of ether oxygens (including phenoxy) is 2. The van der Waals surface area contributed by atoms with E-state index in [4.69, 9.17) is 21.1 Å². The zero-order chi connectivity index (χ0) is 28.6. The van der Waals surface area contributed by atoms with E-state index in [1.807, 2.05) is 37.8 Å². The predicted molar refractivity (Wildman–Crippen MR) is 151 cm³/mol. The highest BCUT2D eigenvalue weighted by molar-refractivity contribution is 6.30. The van der Waals surface area contributed by atoms with Gasteiger partial charge in [0, 0.05) is 43.3 Å². The third-order valence-corrected chi connectivity index (χ3v) is 8.10. The predicted octanol–water partition coefficient (Wildman–Crippen LogP) is 3.74. The van der Waals surface area contributed by atoms with Gasteiger partial charge in [0.2, 0.25) is 5.91 Å². The van der Waals surface area contributed by atoms with Gasteiger partial charge in [0.05, 0.1) is 37.0 Å². The molecule has 2 saturated heterocycles. The molecular weight excluding hydrogens is 534 g/mol. The number of hydrogen-bond donors (Lipinski definition) is 1. The summed E-state index contributed by atoms with van der Waals surface area (Å²) in [4.78, 5) is 42.0. The minimum Gasteiger partial charge on any atom is -0.444 e. The van der Waals surface area contributed by atoms with Gasteiger partial charge in [-0.15, -0.1) is 0 Å². The lowest BCUT2D eigenvalue weighted by Gasteiger charge is -2.43. The van der Waals surface area contributed by atoms with E-state index >= 15 is 0 Å². The van der Waals surface area contributed by atoms with Crippen LogP contribution in [-0.4, -0.2) is 94.5 Å². The number of benzene rings is 1. The zero-order valence-corrected chi connectivity index (χ0v) is 24.3. The number of aliphatic hydroxyl groups is 1. The minimum absolute atomic E-state index is 0.0669. The average Bonchev–Trinajstić information content (AvgIpc) is 3.22. The Morgan fingerprint density at radius 3 is 2.48 bits per heavy atom. The second-order valence-corrected chi connectivity index (χ2v) is 12.2. The minimum atomic E-state index is -0.662. The number of carbonyl (C=O) groups is 2. The number of halogens is 1. The van der Waals surface area contributed by atoms with Gasteiger partial charge < -0.3 is 24.4 Å². The Labute approximate surface area is 240 Å². The van der Waals surface area contributed by atoms with Crippen molar-refractivity contribution < 1.29 is 24.2 Å². The van der Waals surface area contributed by atoms with Gasteiger partial charge in [-0.3, -0.25) is 9.69 Å². The molecule has 2 amide bonds. The topological polar surface area (TPSA) is 108 Å². The summed E-state index contributed by atoms with van der Waals surface area (Å²) in [5.74, 6) is 0.297. The maximum atomic E-state index is 14.2. The van der Waals surface area contributed by atoms with Crippen LogP contribution in [0.3, 0.4) is 0 Å². The number of rotatable bonds is 4. The molecule has 4 atom stereocenters. The van der Waals surface area contributed by atoms with Gasteiger partial charge in [-0.1, -0.05) is 30.7 Å². The van der Waals surface area contributed by atoms with Gasteiger partial charge in [-0.05, 0) is 50.8 Å². The smallest absolute Gasteiger partial charge is 0.410 e. The van der Waals surface area contributed by atoms with E-state index in [0.717, 1.165) is 16.9 Å². The summed E-state index contributed by atoms with van der Waals surface area (Å²) in [7, 11) is 0. The summed E-state index contributed by atoms with van der Waals surface area (Å²) in [5.41, 5.74) is 1.82. The van der Waals surface area contributed by atoms with Crippen LogP contribution < -0.4 is 4.90 Å².